The van der Waals surface area contributed by atoms with Gasteiger partial charge in [0.25, 0.3) is 22.2 Å². The fourth-order valence-electron chi connectivity index (χ4n) is 16.8. The second kappa shape index (κ2) is 40.5. The van der Waals surface area contributed by atoms with Gasteiger partial charge in [-0.05, 0) is 6.07 Å². The SMILES string of the molecule is Nc1cnc(=O)n([C@H]2C[C@H](OP(=O)(O)OC[C@H]3O[C@@H](n4cnc5c(N)ncnc54)C[C@@H]3OP(=O)(O)OC[C@H]3O[C@@H](n4cnc5c(=O)[nH]c(N)nc54)C[C@@H]3OP(=O)(O)OC[C@H]3O[C@@H](n4cc(CO)c(=O)[nH]c4=O)C[C@@H]3OP(=O)(O)OC[C@H]3O[C@@H](n4cnc5c(=O)[nH]c(N)nc54)C[C@@H]3OP(=O)(O)OC[C@H]3O[C@@H](n4cnc5c(=O)[nH]c(N)nc54)C[C@@H]3OP(=O)(O)OC[C@H]3O[C@@H](n4ccc(N)nc4=O)C[C@@H]3O)[C@@H](CO)O2)c1. The number of phosphoric acid groups is 6. The van der Waals surface area contributed by atoms with Crippen LogP contribution >= 0.6 is 46.9 Å². The van der Waals surface area contributed by atoms with E-state index < -0.39 is 318 Å². The molecule has 11 aromatic heterocycles. The number of imidazole rings is 4. The molecule has 75 heteroatoms. The number of aliphatic hydroxyl groups excluding tert-OH is 3. The molecule has 7 aliphatic rings. The molecule has 18 rings (SSSR count). The van der Waals surface area contributed by atoms with Gasteiger partial charge in [0.2, 0.25) is 17.8 Å². The van der Waals surface area contributed by atoms with Gasteiger partial charge in [-0.3, -0.25) is 125 Å². The zero-order valence-corrected chi connectivity index (χ0v) is 78.2. The van der Waals surface area contributed by atoms with Gasteiger partial charge in [0.15, 0.2) is 45.0 Å². The fraction of sp³-hybridized carbons (Fsp3) is 0.529. The van der Waals surface area contributed by atoms with Crippen molar-refractivity contribution in [2.24, 2.45) is 0 Å². The first kappa shape index (κ1) is 102. The minimum Gasteiger partial charge on any atom is -0.396 e. The van der Waals surface area contributed by atoms with E-state index in [0.29, 0.717) is 4.57 Å². The van der Waals surface area contributed by atoms with Crippen LogP contribution in [0.2, 0.25) is 0 Å². The minimum atomic E-state index is -5.81. The Morgan fingerprint density at radius 3 is 1.08 bits per heavy atom. The summed E-state index contributed by atoms with van der Waals surface area (Å²) in [6.45, 7) is -8.40. The smallest absolute Gasteiger partial charge is 0.396 e. The highest BCUT2D eigenvalue weighted by molar-refractivity contribution is 7.48. The molecule has 7 saturated heterocycles. The van der Waals surface area contributed by atoms with E-state index in [9.17, 15) is 106 Å². The second-order valence-corrected chi connectivity index (χ2v) is 41.2. The Morgan fingerprint density at radius 1 is 0.364 bits per heavy atom. The summed E-state index contributed by atoms with van der Waals surface area (Å²) < 4.78 is 203. The van der Waals surface area contributed by atoms with E-state index in [-0.39, 0.29) is 80.8 Å². The standard InChI is InChI=1S/C68H86N28O41P6/c69-27-10-75-66(104)92(12-27)45-4-29(35(14-98)125-45)132-139(109,110)120-17-38-31(6-46(128-38)93-22-78-50-54(71)76-21-77-55(50)93)135-142(115,116)123-20-41-33(8-48(131-41)95-24-80-52-57(95)84-64(73)87-61(52)102)136-141(113,114)121-16-37-30(5-44(127-37)91-11-26(13-97)59(100)89-68(91)106)133-140(111,112)122-19-40-34(9-49(130-40)96-25-81-53-58(96)85-65(74)88-62(53)103)137-143(117,118)124-18-39-32(7-47(129-39)94-23-79-51-56(94)83-63(72)86-60(51)101)134-138(107,108)119-15-36-28(99)3-43(126-36)90-2-1-42(70)82-67(90)105/h1-2,10-12,21-25,28-41,43-49,97-99H,3-9,13-20,69H2,(H,107,108)(H,109,110)(H,111,112)(H,113,114)(H,115,116)(H,117,118)(H2,70,82,105)(H2,71,76,77)(H,89,100,106)(H3,72,83,86,101)(H3,73,84,87,102)(H3,74,85,88,103)/t28-,29-,30-,31-,32-,33-,34-,35+,36+,37+,38+,39+,40+,41+,43+,44+,45+,46+,47+,48+,49+/m0/s1. The highest BCUT2D eigenvalue weighted by Crippen LogP contribution is 2.58. The van der Waals surface area contributed by atoms with Gasteiger partial charge in [-0.2, -0.15) is 24.9 Å². The van der Waals surface area contributed by atoms with Gasteiger partial charge in [0.1, 0.15) is 141 Å². The normalized spacial score (nSPS) is 29.4. The van der Waals surface area contributed by atoms with E-state index in [2.05, 4.69) is 69.8 Å². The van der Waals surface area contributed by atoms with E-state index in [1.807, 2.05) is 4.98 Å². The quantitative estimate of drug-likeness (QED) is 0.0162. The van der Waals surface area contributed by atoms with E-state index in [0.717, 1.165) is 60.5 Å². The molecule has 6 unspecified atom stereocenters. The Morgan fingerprint density at radius 2 is 0.699 bits per heavy atom. The van der Waals surface area contributed by atoms with Crippen LogP contribution in [0.25, 0.3) is 44.7 Å². The molecule has 0 bridgehead atoms. The van der Waals surface area contributed by atoms with E-state index in [1.54, 1.807) is 0 Å². The van der Waals surface area contributed by atoms with Crippen molar-refractivity contribution < 1.29 is 160 Å². The first-order valence-electron chi connectivity index (χ1n) is 42.3. The van der Waals surface area contributed by atoms with Crippen LogP contribution in [0.3, 0.4) is 0 Å². The van der Waals surface area contributed by atoms with Crippen molar-refractivity contribution >= 4 is 127 Å². The van der Waals surface area contributed by atoms with Crippen molar-refractivity contribution in [3.63, 3.8) is 0 Å². The molecule has 774 valence electrons. The number of hydrogen-bond acceptors (Lipinski definition) is 52. The molecule has 11 aromatic rings. The molecule has 7 fully saturated rings. The number of aromatic nitrogens is 22. The van der Waals surface area contributed by atoms with Gasteiger partial charge in [0.05, 0.1) is 102 Å². The second-order valence-electron chi connectivity index (χ2n) is 32.8. The van der Waals surface area contributed by atoms with Crippen molar-refractivity contribution in [3.8, 4) is 0 Å². The number of aromatic amines is 4. The summed E-state index contributed by atoms with van der Waals surface area (Å²) in [6.07, 6.45) is -27.2. The van der Waals surface area contributed by atoms with Crippen LogP contribution in [0.4, 0.5) is 35.2 Å². The molecule has 0 amide bonds. The van der Waals surface area contributed by atoms with E-state index in [1.165, 1.54) is 29.4 Å². The Kier molecular flexibility index (Phi) is 28.9. The zero-order valence-electron chi connectivity index (χ0n) is 72.8. The van der Waals surface area contributed by atoms with Gasteiger partial charge in [-0.15, -0.1) is 0 Å². The van der Waals surface area contributed by atoms with Crippen molar-refractivity contribution in [2.45, 2.75) is 181 Å². The number of hydrogen-bond donors (Lipinski definition) is 19. The summed E-state index contributed by atoms with van der Waals surface area (Å²) in [5.74, 6) is -1.45. The number of anilines is 6. The number of H-pyrrole nitrogens is 4. The Balaban J connectivity index is 0.569. The van der Waals surface area contributed by atoms with Gasteiger partial charge in [0, 0.05) is 63.5 Å². The van der Waals surface area contributed by atoms with Crippen molar-refractivity contribution in [3.05, 3.63) is 141 Å². The lowest BCUT2D eigenvalue weighted by atomic mass is 10.2. The zero-order chi connectivity index (χ0) is 102. The third-order valence-corrected chi connectivity index (χ3v) is 29.4. The summed E-state index contributed by atoms with van der Waals surface area (Å²) in [7, 11) is -33.6. The number of rotatable bonds is 39. The maximum atomic E-state index is 14.7. The molecule has 18 heterocycles. The molecule has 0 saturated carbocycles. The minimum absolute atomic E-state index is 0.0394. The van der Waals surface area contributed by atoms with Crippen molar-refractivity contribution in [1.29, 1.82) is 0 Å². The molecule has 0 spiro atoms. The predicted molar refractivity (Wildman–Crippen MR) is 467 cm³/mol. The molecule has 69 nitrogen and oxygen atoms in total. The van der Waals surface area contributed by atoms with Crippen LogP contribution in [-0.2, 0) is 121 Å². The number of fused-ring (bicyclic) bond motifs is 4. The number of phosphoric ester groups is 6. The molecule has 0 radical (unpaired) electrons. The van der Waals surface area contributed by atoms with E-state index in [4.69, 9.17) is 122 Å². The molecule has 0 aromatic carbocycles. The number of ether oxygens (including phenoxy) is 7. The summed E-state index contributed by atoms with van der Waals surface area (Å²) in [6, 6.07) is 1.28. The Labute approximate surface area is 792 Å². The monoisotopic (exact) mass is 2140 g/mol. The first-order chi connectivity index (χ1) is 67.8. The fourth-order valence-corrected chi connectivity index (χ4v) is 22.5. The number of aliphatic hydroxyl groups is 3. The van der Waals surface area contributed by atoms with Crippen LogP contribution in [0.1, 0.15) is 94.1 Å². The molecule has 0 aliphatic carbocycles. The van der Waals surface area contributed by atoms with Gasteiger partial charge >= 0.3 is 64.0 Å². The lowest BCUT2D eigenvalue weighted by molar-refractivity contribution is -0.0649. The van der Waals surface area contributed by atoms with Crippen LogP contribution in [0, 0.1) is 0 Å². The Hall–Kier alpha value is -10.9. The van der Waals surface area contributed by atoms with Crippen LogP contribution in [0.5, 0.6) is 0 Å². The molecule has 25 N–H and O–H groups in total. The number of nitrogen functional groups attached to an aromatic ring is 6. The first-order valence-corrected chi connectivity index (χ1v) is 51.3. The van der Waals surface area contributed by atoms with Crippen LogP contribution in [0.15, 0.2) is 96.1 Å². The largest absolute Gasteiger partial charge is 0.472 e. The highest BCUT2D eigenvalue weighted by Gasteiger charge is 2.53. The summed E-state index contributed by atoms with van der Waals surface area (Å²) in [4.78, 5) is 213. The summed E-state index contributed by atoms with van der Waals surface area (Å²) in [5.41, 5.74) is 26.9. The van der Waals surface area contributed by atoms with Crippen molar-refractivity contribution in [1.82, 2.24) is 107 Å². The van der Waals surface area contributed by atoms with Crippen LogP contribution in [-0.4, -0.2) is 283 Å². The Bertz CT molecular complexity index is 7430. The van der Waals surface area contributed by atoms with Crippen molar-refractivity contribution in [2.75, 3.05) is 80.7 Å². The molecule has 27 atom stereocenters. The molecular formula is C68H86N28O41P6. The van der Waals surface area contributed by atoms with Gasteiger partial charge < -0.3 is 112 Å². The lowest BCUT2D eigenvalue weighted by Crippen LogP contribution is -2.34. The number of nitrogens with zero attached hydrogens (tertiary/aromatic N) is 18. The molecular weight excluding hydrogens is 2050 g/mol. The topological polar surface area (TPSA) is 975 Å². The average Bonchev–Trinajstić information content (AvgIpc) is 1.68. The summed E-state index contributed by atoms with van der Waals surface area (Å²) in [5, 5.41) is 31.2. The average molecular weight is 2140 g/mol. The third kappa shape index (κ3) is 22.6. The number of nitrogens with two attached hydrogens (primary N) is 6. The van der Waals surface area contributed by atoms with Gasteiger partial charge in [-0.25, -0.2) is 71.7 Å². The third-order valence-electron chi connectivity index (χ3n) is 23.3. The van der Waals surface area contributed by atoms with Gasteiger partial charge in [-0.1, -0.05) is 0 Å². The van der Waals surface area contributed by atoms with Crippen LogP contribution < -0.4 is 73.7 Å². The summed E-state index contributed by atoms with van der Waals surface area (Å²) >= 11 is 0. The number of nitrogens with one attached hydrogen (secondary N) is 4. The maximum Gasteiger partial charge on any atom is 0.472 e. The molecule has 143 heavy (non-hydrogen) atoms. The lowest BCUT2D eigenvalue weighted by Gasteiger charge is -2.26. The highest BCUT2D eigenvalue weighted by atomic mass is 31.2. The van der Waals surface area contributed by atoms with E-state index >= 15 is 0 Å². The predicted octanol–water partition coefficient (Wildman–Crippen LogP) is -4.35. The molecule has 7 aliphatic heterocycles. The maximum absolute atomic E-state index is 14.7.